The molecule has 4 N–H and O–H groups in total. The molecule has 4 aromatic rings. The first kappa shape index (κ1) is 51.0. The smallest absolute Gasteiger partial charge is 0.407 e. The molecule has 14 nitrogen and oxygen atoms in total. The van der Waals surface area contributed by atoms with Crippen molar-refractivity contribution >= 4 is 46.1 Å². The molecule has 2 saturated heterocycles. The number of likely N-dealkylation sites (tertiary alicyclic amines) is 2. The molecule has 0 radical (unpaired) electrons. The number of carbonyl (C=O) groups excluding carboxylic acids is 4. The van der Waals surface area contributed by atoms with E-state index in [1.165, 1.54) is 102 Å². The molecule has 14 rings (SSSR count). The summed E-state index contributed by atoms with van der Waals surface area (Å²) in [7, 11) is 2.70. The van der Waals surface area contributed by atoms with Crippen LogP contribution in [0.1, 0.15) is 203 Å². The molecule has 3 unspecified atom stereocenters. The number of H-pyrrole nitrogens is 2. The van der Waals surface area contributed by atoms with Crippen molar-refractivity contribution in [3.05, 3.63) is 59.2 Å². The number of benzene rings is 2. The predicted molar refractivity (Wildman–Crippen MR) is 286 cm³/mol. The van der Waals surface area contributed by atoms with Crippen LogP contribution in [0.5, 0.6) is 0 Å². The van der Waals surface area contributed by atoms with E-state index in [0.717, 1.165) is 85.1 Å². The Morgan fingerprint density at radius 3 is 1.30 bits per heavy atom. The lowest BCUT2D eigenvalue weighted by Crippen LogP contribution is -2.53. The van der Waals surface area contributed by atoms with E-state index in [4.69, 9.17) is 19.4 Å². The van der Waals surface area contributed by atoms with Gasteiger partial charge in [0.2, 0.25) is 11.8 Å². The number of aromatic nitrogens is 4. The highest BCUT2D eigenvalue weighted by atomic mass is 16.5. The molecular formula is C60H84N8O6. The molecule has 0 spiro atoms. The van der Waals surface area contributed by atoms with Gasteiger partial charge in [0.15, 0.2) is 0 Å². The number of nitrogens with zero attached hydrogens (tertiary/aromatic N) is 4. The van der Waals surface area contributed by atoms with Gasteiger partial charge in [0.25, 0.3) is 0 Å². The summed E-state index contributed by atoms with van der Waals surface area (Å²) in [6, 6.07) is 12.7. The van der Waals surface area contributed by atoms with E-state index < -0.39 is 24.3 Å². The Bertz CT molecular complexity index is 2500. The lowest BCUT2D eigenvalue weighted by atomic mass is 9.63. The number of ether oxygens (including phenoxy) is 2. The van der Waals surface area contributed by atoms with Crippen LogP contribution in [0, 0.1) is 47.3 Å². The molecule has 2 aromatic carbocycles. The average Bonchev–Trinajstić information content (AvgIpc) is 4.21. The zero-order chi connectivity index (χ0) is 51.4. The fourth-order valence-corrected chi connectivity index (χ4v) is 16.2. The standard InChI is InChI=1S/C60H84N8O6/c1-33(2)53(65-59(71)73-5)57(69)67-49-13-9-7-11-41(49)31-51(67)55-61-45-25-23-39(29-47(45)63-55)43-27-35-15-19-37(43)21-17-36-16-20-38(22-18-35)44(28-36)40-24-26-46-48(30-40)64-56(62-46)52-32-42-12-8-10-14-50(42)68(52)58(70)54(34(3)4)66-60(72)74-6/h23-26,29-30,33-38,41-44,49-54H,7-22,27-28,31-32H2,1-6H3,(H,61,63)(H,62,64)(H,65,71)(H,66,72)/t35-,36-,37+,38+,41-,42-,43?,44?,49-,50-,51-,52?,53-,54-/m0/s1. The van der Waals surface area contributed by atoms with Crippen LogP contribution in [0.15, 0.2) is 36.4 Å². The molecule has 4 heterocycles. The van der Waals surface area contributed by atoms with Crippen molar-refractivity contribution in [2.24, 2.45) is 47.3 Å². The molecule has 8 saturated carbocycles. The highest BCUT2D eigenvalue weighted by Gasteiger charge is 2.50. The maximum Gasteiger partial charge on any atom is 0.407 e. The lowest BCUT2D eigenvalue weighted by Gasteiger charge is -2.42. The second kappa shape index (κ2) is 21.5. The van der Waals surface area contributed by atoms with Crippen LogP contribution in [-0.2, 0) is 19.1 Å². The fraction of sp³-hybridized carbons (Fsp3) is 0.700. The summed E-state index contributed by atoms with van der Waals surface area (Å²) < 4.78 is 9.91. The van der Waals surface area contributed by atoms with Crippen molar-refractivity contribution < 1.29 is 28.7 Å². The molecule has 2 aliphatic heterocycles. The number of carbonyl (C=O) groups is 4. The zero-order valence-corrected chi connectivity index (χ0v) is 45.1. The number of amides is 4. The van der Waals surface area contributed by atoms with E-state index in [1.807, 2.05) is 27.7 Å². The molecular weight excluding hydrogens is 929 g/mol. The number of alkyl carbamates (subject to hydrolysis) is 2. The largest absolute Gasteiger partial charge is 0.453 e. The van der Waals surface area contributed by atoms with E-state index in [9.17, 15) is 19.2 Å². The number of fused-ring (bicyclic) bond motifs is 4. The molecule has 14 atom stereocenters. The predicted octanol–water partition coefficient (Wildman–Crippen LogP) is 12.1. The Kier molecular flexibility index (Phi) is 14.8. The van der Waals surface area contributed by atoms with E-state index in [0.29, 0.717) is 47.3 Å². The Hall–Kier alpha value is -5.14. The monoisotopic (exact) mass is 1010 g/mol. The van der Waals surface area contributed by atoms with Crippen LogP contribution in [0.25, 0.3) is 22.1 Å². The first-order valence-corrected chi connectivity index (χ1v) is 29.2. The van der Waals surface area contributed by atoms with Crippen molar-refractivity contribution in [2.75, 3.05) is 14.2 Å². The number of rotatable bonds is 10. The third kappa shape index (κ3) is 9.93. The number of methoxy groups -OCH3 is 2. The summed E-state index contributed by atoms with van der Waals surface area (Å²) in [5.74, 6) is 6.12. The quantitative estimate of drug-likeness (QED) is 0.121. The van der Waals surface area contributed by atoms with Gasteiger partial charge in [0, 0.05) is 12.1 Å². The van der Waals surface area contributed by atoms with Crippen molar-refractivity contribution in [3.8, 4) is 0 Å². The van der Waals surface area contributed by atoms with Crippen LogP contribution in [0.2, 0.25) is 0 Å². The zero-order valence-electron chi connectivity index (χ0n) is 45.1. The van der Waals surface area contributed by atoms with Gasteiger partial charge in [-0.3, -0.25) is 9.59 Å². The molecule has 14 heteroatoms. The van der Waals surface area contributed by atoms with E-state index in [1.54, 1.807) is 0 Å². The SMILES string of the molecule is COC(=O)N[C@H](C(=O)N1C(c2nc3ccc(C4C[C@H]5CC[C@@H]4CC[C@@H]4CC[C@H](CC5)C(c5ccc6nc([C@@H]7C[C@@H]8CCCC[C@@H]8N7C(=O)[C@@H](NC(=O)OC)C(C)C)[nH]c6c5)C4)cc3[nH]2)C[C@@H]2CCCC[C@@H]21)C(C)C. The lowest BCUT2D eigenvalue weighted by molar-refractivity contribution is -0.139. The third-order valence-corrected chi connectivity index (χ3v) is 20.1. The normalized spacial score (nSPS) is 31.9. The van der Waals surface area contributed by atoms with Crippen molar-refractivity contribution in [2.45, 2.75) is 204 Å². The minimum Gasteiger partial charge on any atom is -0.453 e. The van der Waals surface area contributed by atoms with E-state index >= 15 is 0 Å². The van der Waals surface area contributed by atoms with Crippen molar-refractivity contribution in [1.29, 1.82) is 0 Å². The van der Waals surface area contributed by atoms with Gasteiger partial charge in [-0.1, -0.05) is 91.2 Å². The molecule has 10 fully saturated rings. The number of imidazole rings is 2. The fourth-order valence-electron chi connectivity index (χ4n) is 16.2. The third-order valence-electron chi connectivity index (χ3n) is 20.1. The Balaban J connectivity index is 0.802. The number of nitrogens with one attached hydrogen (secondary N) is 4. The average molecular weight is 1010 g/mol. The van der Waals surface area contributed by atoms with Gasteiger partial charge in [-0.25, -0.2) is 19.6 Å². The first-order chi connectivity index (χ1) is 35.8. The van der Waals surface area contributed by atoms with Crippen LogP contribution in [-0.4, -0.2) is 92.1 Å². The van der Waals surface area contributed by atoms with Crippen molar-refractivity contribution in [1.82, 2.24) is 40.4 Å². The van der Waals surface area contributed by atoms with Gasteiger partial charge in [-0.15, -0.1) is 0 Å². The Labute approximate surface area is 438 Å². The maximum atomic E-state index is 14.5. The van der Waals surface area contributed by atoms with Gasteiger partial charge in [0.1, 0.15) is 23.7 Å². The summed E-state index contributed by atoms with van der Waals surface area (Å²) >= 11 is 0. The minimum absolute atomic E-state index is 0.0318. The van der Waals surface area contributed by atoms with Gasteiger partial charge in [-0.2, -0.15) is 0 Å². The van der Waals surface area contributed by atoms with Crippen molar-refractivity contribution in [3.63, 3.8) is 0 Å². The molecule has 74 heavy (non-hydrogen) atoms. The molecule has 400 valence electrons. The summed E-state index contributed by atoms with van der Waals surface area (Å²) in [5, 5.41) is 5.73. The molecule has 8 aliphatic carbocycles. The summed E-state index contributed by atoms with van der Waals surface area (Å²) in [5.41, 5.74) is 6.93. The van der Waals surface area contributed by atoms with Gasteiger partial charge in [-0.05, 0) is 172 Å². The van der Waals surface area contributed by atoms with Gasteiger partial charge >= 0.3 is 12.2 Å². The van der Waals surface area contributed by atoms with E-state index in [-0.39, 0.29) is 47.8 Å². The second-order valence-electron chi connectivity index (χ2n) is 25.0. The van der Waals surface area contributed by atoms with Gasteiger partial charge < -0.3 is 39.9 Å². The highest BCUT2D eigenvalue weighted by Crippen LogP contribution is 2.52. The number of hydrogen-bond donors (Lipinski definition) is 4. The Morgan fingerprint density at radius 1 is 0.527 bits per heavy atom. The summed E-state index contributed by atoms with van der Waals surface area (Å²) in [6.07, 6.45) is 22.2. The van der Waals surface area contributed by atoms with Gasteiger partial charge in [0.05, 0.1) is 48.4 Å². The highest BCUT2D eigenvalue weighted by molar-refractivity contribution is 5.88. The maximum absolute atomic E-state index is 14.5. The summed E-state index contributed by atoms with van der Waals surface area (Å²) in [4.78, 5) is 76.1. The summed E-state index contributed by atoms with van der Waals surface area (Å²) in [6.45, 7) is 7.94. The van der Waals surface area contributed by atoms with Crippen LogP contribution < -0.4 is 10.6 Å². The van der Waals surface area contributed by atoms with Crippen LogP contribution >= 0.6 is 0 Å². The van der Waals surface area contributed by atoms with Crippen LogP contribution in [0.3, 0.4) is 0 Å². The minimum atomic E-state index is -0.665. The number of hydrogen-bond acceptors (Lipinski definition) is 8. The topological polar surface area (TPSA) is 175 Å². The molecule has 4 amide bonds. The molecule has 10 aliphatic rings. The van der Waals surface area contributed by atoms with Crippen LogP contribution in [0.4, 0.5) is 9.59 Å². The number of aromatic amines is 2. The van der Waals surface area contributed by atoms with E-state index in [2.05, 4.69) is 66.8 Å². The first-order valence-electron chi connectivity index (χ1n) is 29.2. The Morgan fingerprint density at radius 2 is 0.919 bits per heavy atom. The second-order valence-corrected chi connectivity index (χ2v) is 25.0. The molecule has 2 aromatic heterocycles. The molecule has 4 bridgehead atoms.